The van der Waals surface area contributed by atoms with E-state index in [0.717, 1.165) is 18.8 Å². The number of nitrogens with two attached hydrogens (primary N) is 1. The molecule has 0 aliphatic rings. The van der Waals surface area contributed by atoms with Crippen LogP contribution in [0, 0.1) is 0 Å². The summed E-state index contributed by atoms with van der Waals surface area (Å²) in [6.45, 7) is 11.4. The van der Waals surface area contributed by atoms with Gasteiger partial charge in [-0.1, -0.05) is 39.8 Å². The lowest BCUT2D eigenvalue weighted by Crippen LogP contribution is -2.35. The quantitative estimate of drug-likeness (QED) is 0.744. The Kier molecular flexibility index (Phi) is 5.83. The van der Waals surface area contributed by atoms with E-state index >= 15 is 0 Å². The number of hydrogen-bond donors (Lipinski definition) is 2. The zero-order valence-corrected chi connectivity index (χ0v) is 12.9. The molecule has 0 bridgehead atoms. The van der Waals surface area contributed by atoms with Crippen molar-refractivity contribution in [2.24, 2.45) is 5.73 Å². The van der Waals surface area contributed by atoms with Crippen LogP contribution < -0.4 is 15.8 Å². The Morgan fingerprint density at radius 2 is 2.00 bits per heavy atom. The first-order valence-electron chi connectivity index (χ1n) is 7.01. The summed E-state index contributed by atoms with van der Waals surface area (Å²) in [5.41, 5.74) is 8.21. The van der Waals surface area contributed by atoms with E-state index in [4.69, 9.17) is 10.5 Å². The second-order valence-corrected chi connectivity index (χ2v) is 5.96. The van der Waals surface area contributed by atoms with Crippen molar-refractivity contribution >= 4 is 0 Å². The SMILES string of the molecule is COc1ccc(C(C)(C)CNCCN)cc1C(C)C. The average Bonchev–Trinajstić information content (AvgIpc) is 2.38. The Morgan fingerprint density at radius 3 is 2.53 bits per heavy atom. The highest BCUT2D eigenvalue weighted by Gasteiger charge is 2.22. The summed E-state index contributed by atoms with van der Waals surface area (Å²) in [5, 5.41) is 3.39. The van der Waals surface area contributed by atoms with Crippen LogP contribution in [0.15, 0.2) is 18.2 Å². The fourth-order valence-electron chi connectivity index (χ4n) is 2.21. The van der Waals surface area contributed by atoms with Crippen molar-refractivity contribution in [3.8, 4) is 5.75 Å². The van der Waals surface area contributed by atoms with Gasteiger partial charge in [0, 0.05) is 25.0 Å². The number of methoxy groups -OCH3 is 1. The molecule has 0 heterocycles. The molecule has 1 aromatic rings. The smallest absolute Gasteiger partial charge is 0.122 e. The van der Waals surface area contributed by atoms with E-state index in [1.54, 1.807) is 7.11 Å². The van der Waals surface area contributed by atoms with Crippen LogP contribution in [0.4, 0.5) is 0 Å². The lowest BCUT2D eigenvalue weighted by molar-refractivity contribution is 0.406. The van der Waals surface area contributed by atoms with E-state index in [2.05, 4.69) is 51.2 Å². The zero-order chi connectivity index (χ0) is 14.5. The van der Waals surface area contributed by atoms with Crippen LogP contribution in [-0.2, 0) is 5.41 Å². The summed E-state index contributed by atoms with van der Waals surface area (Å²) < 4.78 is 5.44. The van der Waals surface area contributed by atoms with Crippen LogP contribution in [0.3, 0.4) is 0 Å². The lowest BCUT2D eigenvalue weighted by Gasteiger charge is -2.27. The standard InChI is InChI=1S/C16H28N2O/c1-12(2)14-10-13(6-7-15(14)19-5)16(3,4)11-18-9-8-17/h6-7,10,12,18H,8-9,11,17H2,1-5H3. The summed E-state index contributed by atoms with van der Waals surface area (Å²) in [6.07, 6.45) is 0. The molecule has 3 nitrogen and oxygen atoms in total. The van der Waals surface area contributed by atoms with Gasteiger partial charge in [0.05, 0.1) is 7.11 Å². The van der Waals surface area contributed by atoms with Crippen LogP contribution in [0.2, 0.25) is 0 Å². The molecule has 108 valence electrons. The van der Waals surface area contributed by atoms with Crippen molar-refractivity contribution in [1.82, 2.24) is 5.32 Å². The molecule has 0 radical (unpaired) electrons. The second-order valence-electron chi connectivity index (χ2n) is 5.96. The topological polar surface area (TPSA) is 47.3 Å². The van der Waals surface area contributed by atoms with E-state index in [0.29, 0.717) is 12.5 Å². The maximum absolute atomic E-state index is 5.52. The minimum atomic E-state index is 0.0884. The largest absolute Gasteiger partial charge is 0.496 e. The van der Waals surface area contributed by atoms with Crippen molar-refractivity contribution in [2.75, 3.05) is 26.7 Å². The molecule has 0 saturated heterocycles. The Morgan fingerprint density at radius 1 is 1.32 bits per heavy atom. The summed E-state index contributed by atoms with van der Waals surface area (Å²) in [6, 6.07) is 6.51. The number of rotatable bonds is 7. The van der Waals surface area contributed by atoms with Crippen molar-refractivity contribution in [1.29, 1.82) is 0 Å². The molecule has 3 heteroatoms. The van der Waals surface area contributed by atoms with Gasteiger partial charge in [0.25, 0.3) is 0 Å². The number of nitrogens with one attached hydrogen (secondary N) is 1. The molecule has 0 amide bonds. The predicted molar refractivity (Wildman–Crippen MR) is 82.0 cm³/mol. The Hall–Kier alpha value is -1.06. The molecule has 1 aromatic carbocycles. The molecule has 0 aliphatic carbocycles. The highest BCUT2D eigenvalue weighted by molar-refractivity contribution is 5.41. The molecule has 0 aromatic heterocycles. The molecule has 0 fully saturated rings. The number of benzene rings is 1. The van der Waals surface area contributed by atoms with Gasteiger partial charge in [-0.3, -0.25) is 0 Å². The van der Waals surface area contributed by atoms with Crippen molar-refractivity contribution in [3.63, 3.8) is 0 Å². The van der Waals surface area contributed by atoms with Crippen LogP contribution in [0.1, 0.15) is 44.7 Å². The molecule has 0 saturated carbocycles. The molecule has 1 rings (SSSR count). The average molecular weight is 264 g/mol. The maximum atomic E-state index is 5.52. The van der Waals surface area contributed by atoms with Gasteiger partial charge in [-0.15, -0.1) is 0 Å². The maximum Gasteiger partial charge on any atom is 0.122 e. The summed E-state index contributed by atoms with van der Waals surface area (Å²) >= 11 is 0. The van der Waals surface area contributed by atoms with Gasteiger partial charge < -0.3 is 15.8 Å². The minimum Gasteiger partial charge on any atom is -0.496 e. The van der Waals surface area contributed by atoms with Crippen LogP contribution in [0.25, 0.3) is 0 Å². The molecule has 0 unspecified atom stereocenters. The van der Waals surface area contributed by atoms with E-state index in [-0.39, 0.29) is 5.41 Å². The first kappa shape index (κ1) is 16.0. The van der Waals surface area contributed by atoms with Crippen molar-refractivity contribution < 1.29 is 4.74 Å². The molecular formula is C16H28N2O. The molecule has 0 aliphatic heterocycles. The van der Waals surface area contributed by atoms with Crippen LogP contribution in [-0.4, -0.2) is 26.7 Å². The lowest BCUT2D eigenvalue weighted by atomic mass is 9.82. The predicted octanol–water partition coefficient (Wildman–Crippen LogP) is 2.64. The normalized spacial score (nSPS) is 11.9. The molecule has 0 atom stereocenters. The summed E-state index contributed by atoms with van der Waals surface area (Å²) in [4.78, 5) is 0. The van der Waals surface area contributed by atoms with E-state index < -0.39 is 0 Å². The third-order valence-electron chi connectivity index (χ3n) is 3.52. The van der Waals surface area contributed by atoms with Gasteiger partial charge in [-0.05, 0) is 23.1 Å². The molecule has 19 heavy (non-hydrogen) atoms. The Labute approximate surface area is 117 Å². The van der Waals surface area contributed by atoms with E-state index in [9.17, 15) is 0 Å². The van der Waals surface area contributed by atoms with Gasteiger partial charge in [0.2, 0.25) is 0 Å². The minimum absolute atomic E-state index is 0.0884. The first-order valence-corrected chi connectivity index (χ1v) is 7.01. The summed E-state index contributed by atoms with van der Waals surface area (Å²) in [5.74, 6) is 1.44. The Bertz CT molecular complexity index is 400. The molecule has 0 spiro atoms. The highest BCUT2D eigenvalue weighted by atomic mass is 16.5. The fourth-order valence-corrected chi connectivity index (χ4v) is 2.21. The monoisotopic (exact) mass is 264 g/mol. The van der Waals surface area contributed by atoms with E-state index in [1.807, 2.05) is 0 Å². The van der Waals surface area contributed by atoms with Crippen molar-refractivity contribution in [2.45, 2.75) is 39.0 Å². The molecular weight excluding hydrogens is 236 g/mol. The van der Waals surface area contributed by atoms with Gasteiger partial charge in [-0.2, -0.15) is 0 Å². The van der Waals surface area contributed by atoms with E-state index in [1.165, 1.54) is 11.1 Å². The number of ether oxygens (including phenoxy) is 1. The third-order valence-corrected chi connectivity index (χ3v) is 3.52. The second kappa shape index (κ2) is 6.92. The van der Waals surface area contributed by atoms with Crippen LogP contribution >= 0.6 is 0 Å². The summed E-state index contributed by atoms with van der Waals surface area (Å²) in [7, 11) is 1.73. The third kappa shape index (κ3) is 4.22. The Balaban J connectivity index is 2.96. The highest BCUT2D eigenvalue weighted by Crippen LogP contribution is 2.32. The zero-order valence-electron chi connectivity index (χ0n) is 12.9. The van der Waals surface area contributed by atoms with Crippen LogP contribution in [0.5, 0.6) is 5.75 Å². The number of hydrogen-bond acceptors (Lipinski definition) is 3. The molecule has 3 N–H and O–H groups in total. The van der Waals surface area contributed by atoms with Crippen molar-refractivity contribution in [3.05, 3.63) is 29.3 Å². The first-order chi connectivity index (χ1) is 8.92. The van der Waals surface area contributed by atoms with Gasteiger partial charge in [0.15, 0.2) is 0 Å². The van der Waals surface area contributed by atoms with Gasteiger partial charge in [-0.25, -0.2) is 0 Å². The van der Waals surface area contributed by atoms with Gasteiger partial charge in [0.1, 0.15) is 5.75 Å². The fraction of sp³-hybridized carbons (Fsp3) is 0.625. The van der Waals surface area contributed by atoms with Gasteiger partial charge >= 0.3 is 0 Å².